The molecule has 1 aliphatic carbocycles. The summed E-state index contributed by atoms with van der Waals surface area (Å²) in [6.07, 6.45) is 4.95. The molecule has 0 spiro atoms. The van der Waals surface area contributed by atoms with E-state index < -0.39 is 5.97 Å². The average Bonchev–Trinajstić information content (AvgIpc) is 3.40. The van der Waals surface area contributed by atoms with E-state index in [0.717, 1.165) is 35.2 Å². The maximum atomic E-state index is 11.2. The molecule has 2 aromatic carbocycles. The first-order valence-corrected chi connectivity index (χ1v) is 9.76. The Labute approximate surface area is 168 Å². The molecule has 0 bridgehead atoms. The molecule has 5 nitrogen and oxygen atoms in total. The number of carboxylic acids is 1. The zero-order chi connectivity index (χ0) is 19.8. The quantitative estimate of drug-likeness (QED) is 0.504. The number of fused-ring (bicyclic) bond motifs is 1. The number of hydrogen-bond donors (Lipinski definition) is 2. The Balaban J connectivity index is 1.30. The second-order valence-corrected chi connectivity index (χ2v) is 7.59. The molecule has 144 valence electrons. The summed E-state index contributed by atoms with van der Waals surface area (Å²) in [4.78, 5) is 15.9. The first kappa shape index (κ1) is 17.5. The molecule has 2 heterocycles. The number of aromatic carboxylic acids is 1. The number of aromatic nitrogens is 2. The second-order valence-electron chi connectivity index (χ2n) is 7.59. The number of rotatable bonds is 6. The number of carbonyl (C=O) groups is 1. The van der Waals surface area contributed by atoms with Crippen molar-refractivity contribution in [3.05, 3.63) is 95.8 Å². The third-order valence-electron chi connectivity index (χ3n) is 5.50. The van der Waals surface area contributed by atoms with Gasteiger partial charge in [0.2, 0.25) is 0 Å². The van der Waals surface area contributed by atoms with Gasteiger partial charge in [-0.15, -0.1) is 0 Å². The summed E-state index contributed by atoms with van der Waals surface area (Å²) < 4.78 is 2.16. The Kier molecular flexibility index (Phi) is 4.28. The number of carboxylic acid groups (broad SMARTS) is 1. The first-order valence-electron chi connectivity index (χ1n) is 9.76. The SMILES string of the molecule is O=C(O)c1cccc(C2CC2Nc2cnc3c(ccn3Cc3ccccc3)c2)c1. The molecule has 1 aliphatic rings. The monoisotopic (exact) mass is 383 g/mol. The molecule has 1 saturated carbocycles. The van der Waals surface area contributed by atoms with Crippen LogP contribution in [0, 0.1) is 0 Å². The Morgan fingerprint density at radius 2 is 1.97 bits per heavy atom. The maximum Gasteiger partial charge on any atom is 0.335 e. The molecular formula is C24H21N3O2. The Hall–Kier alpha value is -3.60. The van der Waals surface area contributed by atoms with Crippen molar-refractivity contribution in [3.8, 4) is 0 Å². The summed E-state index contributed by atoms with van der Waals surface area (Å²) in [6.45, 7) is 0.800. The minimum absolute atomic E-state index is 0.310. The fourth-order valence-corrected chi connectivity index (χ4v) is 3.90. The molecule has 2 N–H and O–H groups in total. The fraction of sp³-hybridized carbons (Fsp3) is 0.167. The van der Waals surface area contributed by atoms with Crippen LogP contribution < -0.4 is 5.32 Å². The molecule has 0 amide bonds. The molecular weight excluding hydrogens is 362 g/mol. The predicted octanol–water partition coefficient (Wildman–Crippen LogP) is 4.75. The standard InChI is InChI=1S/C24H21N3O2/c28-24(29)19-8-4-7-17(11-19)21-13-22(21)26-20-12-18-9-10-27(23(18)25-14-20)15-16-5-2-1-3-6-16/h1-12,14,21-22,26H,13,15H2,(H,28,29). The van der Waals surface area contributed by atoms with E-state index >= 15 is 0 Å². The van der Waals surface area contributed by atoms with Crippen LogP contribution in [-0.4, -0.2) is 26.7 Å². The van der Waals surface area contributed by atoms with E-state index in [2.05, 4.69) is 57.5 Å². The van der Waals surface area contributed by atoms with E-state index in [1.54, 1.807) is 12.1 Å². The Morgan fingerprint density at radius 1 is 1.10 bits per heavy atom. The minimum atomic E-state index is -0.883. The van der Waals surface area contributed by atoms with Crippen molar-refractivity contribution in [3.63, 3.8) is 0 Å². The van der Waals surface area contributed by atoms with Gasteiger partial charge >= 0.3 is 5.97 Å². The number of pyridine rings is 1. The lowest BCUT2D eigenvalue weighted by Crippen LogP contribution is -2.05. The van der Waals surface area contributed by atoms with Crippen molar-refractivity contribution in [1.29, 1.82) is 0 Å². The van der Waals surface area contributed by atoms with Gasteiger partial charge in [0.05, 0.1) is 17.4 Å². The van der Waals surface area contributed by atoms with E-state index in [9.17, 15) is 9.90 Å². The van der Waals surface area contributed by atoms with Crippen LogP contribution in [0.25, 0.3) is 11.0 Å². The lowest BCUT2D eigenvalue weighted by atomic mass is 10.1. The van der Waals surface area contributed by atoms with Crippen LogP contribution in [0.4, 0.5) is 5.69 Å². The fourth-order valence-electron chi connectivity index (χ4n) is 3.90. The van der Waals surface area contributed by atoms with Crippen molar-refractivity contribution in [2.75, 3.05) is 5.32 Å². The van der Waals surface area contributed by atoms with Gasteiger partial charge < -0.3 is 15.0 Å². The molecule has 5 heteroatoms. The van der Waals surface area contributed by atoms with Crippen LogP contribution in [0.5, 0.6) is 0 Å². The van der Waals surface area contributed by atoms with E-state index in [-0.39, 0.29) is 0 Å². The highest BCUT2D eigenvalue weighted by atomic mass is 16.4. The highest BCUT2D eigenvalue weighted by molar-refractivity contribution is 5.87. The number of nitrogens with one attached hydrogen (secondary N) is 1. The third kappa shape index (κ3) is 3.59. The summed E-state index contributed by atoms with van der Waals surface area (Å²) in [5, 5.41) is 13.8. The first-order chi connectivity index (χ1) is 14.2. The molecule has 4 aromatic rings. The molecule has 0 aliphatic heterocycles. The van der Waals surface area contributed by atoms with Gasteiger partial charge in [-0.1, -0.05) is 42.5 Å². The number of anilines is 1. The van der Waals surface area contributed by atoms with Crippen molar-refractivity contribution in [1.82, 2.24) is 9.55 Å². The molecule has 2 unspecified atom stereocenters. The summed E-state index contributed by atoms with van der Waals surface area (Å²) >= 11 is 0. The molecule has 0 radical (unpaired) electrons. The van der Waals surface area contributed by atoms with Crippen molar-refractivity contribution in [2.45, 2.75) is 24.9 Å². The molecule has 1 fully saturated rings. The van der Waals surface area contributed by atoms with Gasteiger partial charge in [-0.3, -0.25) is 0 Å². The van der Waals surface area contributed by atoms with Crippen LogP contribution in [0.3, 0.4) is 0 Å². The predicted molar refractivity (Wildman–Crippen MR) is 113 cm³/mol. The highest BCUT2D eigenvalue weighted by Crippen LogP contribution is 2.43. The lowest BCUT2D eigenvalue weighted by Gasteiger charge is -2.08. The van der Waals surface area contributed by atoms with E-state index in [1.807, 2.05) is 24.4 Å². The average molecular weight is 383 g/mol. The lowest BCUT2D eigenvalue weighted by molar-refractivity contribution is 0.0696. The van der Waals surface area contributed by atoms with Gasteiger partial charge in [0, 0.05) is 30.1 Å². The smallest absolute Gasteiger partial charge is 0.335 e. The van der Waals surface area contributed by atoms with Crippen LogP contribution in [0.2, 0.25) is 0 Å². The van der Waals surface area contributed by atoms with E-state index in [1.165, 1.54) is 5.56 Å². The zero-order valence-electron chi connectivity index (χ0n) is 15.8. The van der Waals surface area contributed by atoms with Gasteiger partial charge in [-0.05, 0) is 41.8 Å². The topological polar surface area (TPSA) is 67.2 Å². The summed E-state index contributed by atoms with van der Waals surface area (Å²) in [5.41, 5.74) is 4.64. The van der Waals surface area contributed by atoms with Gasteiger partial charge in [0.1, 0.15) is 5.65 Å². The number of hydrogen-bond acceptors (Lipinski definition) is 3. The number of benzene rings is 2. The molecule has 2 aromatic heterocycles. The number of nitrogens with zero attached hydrogens (tertiary/aromatic N) is 2. The Morgan fingerprint density at radius 3 is 2.79 bits per heavy atom. The minimum Gasteiger partial charge on any atom is -0.478 e. The van der Waals surface area contributed by atoms with E-state index in [0.29, 0.717) is 17.5 Å². The summed E-state index contributed by atoms with van der Waals surface area (Å²) in [7, 11) is 0. The second kappa shape index (κ2) is 7.09. The van der Waals surface area contributed by atoms with Gasteiger partial charge in [0.15, 0.2) is 0 Å². The third-order valence-corrected chi connectivity index (χ3v) is 5.50. The zero-order valence-corrected chi connectivity index (χ0v) is 15.8. The van der Waals surface area contributed by atoms with Crippen LogP contribution in [0.1, 0.15) is 33.8 Å². The van der Waals surface area contributed by atoms with Gasteiger partial charge in [0.25, 0.3) is 0 Å². The Bertz CT molecular complexity index is 1180. The summed E-state index contributed by atoms with van der Waals surface area (Å²) in [6, 6.07) is 22.1. The van der Waals surface area contributed by atoms with Gasteiger partial charge in [-0.25, -0.2) is 9.78 Å². The van der Waals surface area contributed by atoms with Crippen molar-refractivity contribution >= 4 is 22.7 Å². The summed E-state index contributed by atoms with van der Waals surface area (Å²) in [5.74, 6) is -0.542. The molecule has 29 heavy (non-hydrogen) atoms. The normalized spacial score (nSPS) is 17.9. The van der Waals surface area contributed by atoms with E-state index in [4.69, 9.17) is 0 Å². The van der Waals surface area contributed by atoms with Crippen molar-refractivity contribution in [2.24, 2.45) is 0 Å². The maximum absolute atomic E-state index is 11.2. The van der Waals surface area contributed by atoms with Gasteiger partial charge in [-0.2, -0.15) is 0 Å². The van der Waals surface area contributed by atoms with Crippen molar-refractivity contribution < 1.29 is 9.90 Å². The van der Waals surface area contributed by atoms with Crippen LogP contribution in [-0.2, 0) is 6.54 Å². The van der Waals surface area contributed by atoms with Crippen LogP contribution in [0.15, 0.2) is 79.1 Å². The largest absolute Gasteiger partial charge is 0.478 e. The highest BCUT2D eigenvalue weighted by Gasteiger charge is 2.38. The molecule has 2 atom stereocenters. The molecule has 5 rings (SSSR count). The molecule has 0 saturated heterocycles. The van der Waals surface area contributed by atoms with Crippen LogP contribution >= 0.6 is 0 Å².